The summed E-state index contributed by atoms with van der Waals surface area (Å²) in [5, 5.41) is 1.39. The van der Waals surface area contributed by atoms with Gasteiger partial charge in [0.15, 0.2) is 0 Å². The maximum atomic E-state index is 4.93. The summed E-state index contributed by atoms with van der Waals surface area (Å²) < 4.78 is 0. The van der Waals surface area contributed by atoms with Crippen molar-refractivity contribution in [2.75, 3.05) is 0 Å². The molecule has 5 aromatic rings. The summed E-state index contributed by atoms with van der Waals surface area (Å²) >= 11 is 0. The Morgan fingerprint density at radius 2 is 1.17 bits per heavy atom. The van der Waals surface area contributed by atoms with Crippen LogP contribution in [0.5, 0.6) is 0 Å². The molecule has 1 aliphatic rings. The Kier molecular flexibility index (Phi) is 5.28. The minimum Gasteiger partial charge on any atom is -0.256 e. The number of nitrogens with zero attached hydrogens (tertiary/aromatic N) is 1. The van der Waals surface area contributed by atoms with E-state index in [1.165, 1.54) is 41.5 Å². The van der Waals surface area contributed by atoms with Gasteiger partial charge in [-0.15, -0.1) is 10.0 Å². The molecule has 0 amide bonds. The van der Waals surface area contributed by atoms with Crippen LogP contribution in [0.3, 0.4) is 0 Å². The lowest BCUT2D eigenvalue weighted by atomic mass is 10.0. The number of hydrogen-bond donors (Lipinski definition) is 0. The van der Waals surface area contributed by atoms with E-state index in [0.29, 0.717) is 0 Å². The molecule has 0 saturated carbocycles. The van der Waals surface area contributed by atoms with Gasteiger partial charge >= 0.3 is 0 Å². The van der Waals surface area contributed by atoms with E-state index in [0.717, 1.165) is 5.69 Å². The fourth-order valence-electron chi connectivity index (χ4n) is 5.13. The highest BCUT2D eigenvalue weighted by Gasteiger charge is 2.41. The van der Waals surface area contributed by atoms with Crippen molar-refractivity contribution in [2.24, 2.45) is 0 Å². The predicted octanol–water partition coefficient (Wildman–Crippen LogP) is 8.62. The third-order valence-corrected chi connectivity index (χ3v) is 12.9. The monoisotopic (exact) mass is 487 g/mol. The first kappa shape index (κ1) is 22.1. The van der Waals surface area contributed by atoms with Gasteiger partial charge in [-0.05, 0) is 58.8 Å². The zero-order chi connectivity index (χ0) is 24.0. The van der Waals surface area contributed by atoms with Gasteiger partial charge in [-0.3, -0.25) is 4.98 Å². The quantitative estimate of drug-likeness (QED) is 0.227. The molecule has 172 valence electrons. The molecule has 6 rings (SSSR count). The fraction of sp³-hybridized carbons (Fsp3) is 0.0938. The number of hydrogen-bond acceptors (Lipinski definition) is 1. The molecule has 3 heteroatoms. The summed E-state index contributed by atoms with van der Waals surface area (Å²) in [6.07, 6.45) is 2.10. The maximum absolute atomic E-state index is 4.93. The van der Waals surface area contributed by atoms with Gasteiger partial charge < -0.3 is 0 Å². The van der Waals surface area contributed by atoms with E-state index in [4.69, 9.17) is 4.98 Å². The largest absolute Gasteiger partial charge is 0.256 e. The van der Waals surface area contributed by atoms with Crippen molar-refractivity contribution >= 4 is 23.3 Å². The van der Waals surface area contributed by atoms with Gasteiger partial charge in [-0.25, -0.2) is 0 Å². The molecule has 1 nitrogen and oxygen atoms in total. The number of aromatic nitrogens is 1. The van der Waals surface area contributed by atoms with E-state index in [-0.39, 0.29) is 0 Å². The van der Waals surface area contributed by atoms with Gasteiger partial charge in [-0.2, -0.15) is 0 Å². The molecule has 4 aromatic carbocycles. The Labute approximate surface area is 210 Å². The minimum absolute atomic E-state index is 1.04. The van der Waals surface area contributed by atoms with E-state index in [9.17, 15) is 0 Å². The summed E-state index contributed by atoms with van der Waals surface area (Å²) in [4.78, 5) is 10.5. The van der Waals surface area contributed by atoms with Crippen molar-refractivity contribution in [1.82, 2.24) is 4.98 Å². The molecule has 0 aliphatic carbocycles. The Morgan fingerprint density at radius 3 is 1.77 bits per heavy atom. The summed E-state index contributed by atoms with van der Waals surface area (Å²) in [6.45, 7) is 7.11. The van der Waals surface area contributed by atoms with E-state index >= 15 is 0 Å². The molecule has 0 spiro atoms. The van der Waals surface area contributed by atoms with Gasteiger partial charge in [0.1, 0.15) is 0 Å². The highest BCUT2D eigenvalue weighted by Crippen LogP contribution is 2.80. The predicted molar refractivity (Wildman–Crippen MR) is 152 cm³/mol. The lowest BCUT2D eigenvalue weighted by molar-refractivity contribution is 1.28. The molecule has 0 unspecified atom stereocenters. The summed E-state index contributed by atoms with van der Waals surface area (Å²) in [5.41, 5.74) is 4.91. The second-order valence-corrected chi connectivity index (χ2v) is 18.3. The van der Waals surface area contributed by atoms with Crippen LogP contribution in [0, 0.1) is 0 Å². The highest BCUT2D eigenvalue weighted by molar-refractivity contribution is 8.34. The zero-order valence-electron chi connectivity index (χ0n) is 20.4. The average molecular weight is 488 g/mol. The molecular weight excluding hydrogens is 459 g/mol. The Balaban J connectivity index is 1.64. The molecule has 0 saturated heterocycles. The Morgan fingerprint density at radius 1 is 0.571 bits per heavy atom. The first-order valence-corrected chi connectivity index (χ1v) is 17.3. The molecule has 1 aromatic heterocycles. The van der Waals surface area contributed by atoms with Crippen molar-refractivity contribution < 1.29 is 0 Å². The van der Waals surface area contributed by atoms with Crippen molar-refractivity contribution in [3.63, 3.8) is 0 Å². The first-order chi connectivity index (χ1) is 17.0. The van der Waals surface area contributed by atoms with E-state index in [1.54, 1.807) is 0 Å². The number of fused-ring (bicyclic) bond motifs is 3. The first-order valence-electron chi connectivity index (χ1n) is 12.1. The normalized spacial score (nSPS) is 14.7. The van der Waals surface area contributed by atoms with Crippen molar-refractivity contribution in [3.05, 3.63) is 121 Å². The summed E-state index contributed by atoms with van der Waals surface area (Å²) in [7, 11) is -3.01. The fourth-order valence-corrected chi connectivity index (χ4v) is 10.4. The van der Waals surface area contributed by atoms with Crippen LogP contribution >= 0.6 is 10.0 Å². The van der Waals surface area contributed by atoms with Crippen LogP contribution in [0.1, 0.15) is 0 Å². The standard InChI is InChI=1S/C32H29NSSi/c1-35(2,3)27-19-21-30(33-23-27)24-18-20-29-28-16-10-11-17-31(28)34(32(29)22-24,25-12-6-4-7-13-25)26-14-8-5-9-15-26/h4-23H,1-3H3. The molecule has 0 N–H and O–H groups in total. The Bertz CT molecular complexity index is 1460. The number of benzene rings is 4. The SMILES string of the molecule is C[Si](C)(C)c1ccc(-c2ccc3c(c2)S(c2ccccc2)(c2ccccc2)c2ccccc2-3)nc1. The topological polar surface area (TPSA) is 12.9 Å². The van der Waals surface area contributed by atoms with Crippen LogP contribution in [0.2, 0.25) is 19.6 Å². The van der Waals surface area contributed by atoms with Crippen molar-refractivity contribution in [1.29, 1.82) is 0 Å². The summed E-state index contributed by atoms with van der Waals surface area (Å²) in [5.74, 6) is 0. The van der Waals surface area contributed by atoms with Crippen LogP contribution < -0.4 is 5.19 Å². The number of pyridine rings is 1. The van der Waals surface area contributed by atoms with Gasteiger partial charge in [0.05, 0.1) is 13.8 Å². The maximum Gasteiger partial charge on any atom is 0.0796 e. The minimum atomic E-state index is -1.62. The lowest BCUT2D eigenvalue weighted by Crippen LogP contribution is -2.37. The second kappa shape index (κ2) is 8.37. The molecule has 35 heavy (non-hydrogen) atoms. The molecule has 0 fully saturated rings. The number of rotatable bonds is 4. The van der Waals surface area contributed by atoms with Crippen molar-refractivity contribution in [2.45, 2.75) is 39.2 Å². The molecule has 0 atom stereocenters. The average Bonchev–Trinajstić information content (AvgIpc) is 3.20. The van der Waals surface area contributed by atoms with Crippen LogP contribution in [0.25, 0.3) is 22.4 Å². The van der Waals surface area contributed by atoms with Gasteiger partial charge in [0.2, 0.25) is 0 Å². The third kappa shape index (κ3) is 3.50. The third-order valence-electron chi connectivity index (χ3n) is 6.94. The highest BCUT2D eigenvalue weighted by atomic mass is 32.3. The molecule has 0 bridgehead atoms. The molecule has 1 aliphatic heterocycles. The van der Waals surface area contributed by atoms with Crippen LogP contribution in [0.4, 0.5) is 0 Å². The van der Waals surface area contributed by atoms with Crippen molar-refractivity contribution in [3.8, 4) is 22.4 Å². The second-order valence-electron chi connectivity index (χ2n) is 10.1. The molecule has 0 radical (unpaired) electrons. The molecular formula is C32H29NSSi. The Hall–Kier alpha value is -3.40. The van der Waals surface area contributed by atoms with E-state index < -0.39 is 18.1 Å². The molecule has 2 heterocycles. The smallest absolute Gasteiger partial charge is 0.0796 e. The van der Waals surface area contributed by atoms with E-state index in [2.05, 4.69) is 141 Å². The van der Waals surface area contributed by atoms with Gasteiger partial charge in [0.25, 0.3) is 0 Å². The lowest BCUT2D eigenvalue weighted by Gasteiger charge is -2.39. The van der Waals surface area contributed by atoms with Gasteiger partial charge in [0, 0.05) is 31.3 Å². The van der Waals surface area contributed by atoms with E-state index in [1.807, 2.05) is 0 Å². The zero-order valence-corrected chi connectivity index (χ0v) is 22.2. The van der Waals surface area contributed by atoms with Crippen LogP contribution in [-0.2, 0) is 0 Å². The van der Waals surface area contributed by atoms with Crippen LogP contribution in [-0.4, -0.2) is 13.1 Å². The summed E-state index contributed by atoms with van der Waals surface area (Å²) in [6, 6.07) is 42.6. The van der Waals surface area contributed by atoms with Gasteiger partial charge in [-0.1, -0.05) is 92.4 Å². The van der Waals surface area contributed by atoms with Crippen LogP contribution in [0.15, 0.2) is 141 Å².